The number of phenols is 1. The maximum absolute atomic E-state index is 10.0. The lowest BCUT2D eigenvalue weighted by molar-refractivity contribution is 0.474. The summed E-state index contributed by atoms with van der Waals surface area (Å²) < 4.78 is 0. The molecule has 0 unspecified atom stereocenters. The molecular weight excluding hydrogens is 270 g/mol. The first kappa shape index (κ1) is 16.3. The summed E-state index contributed by atoms with van der Waals surface area (Å²) in [4.78, 5) is 4.89. The molecule has 0 bridgehead atoms. The number of hydrogen-bond acceptors (Lipinski definition) is 2. The molecule has 0 aliphatic carbocycles. The number of para-hydroxylation sites is 2. The van der Waals surface area contributed by atoms with E-state index in [9.17, 15) is 5.11 Å². The fourth-order valence-electron chi connectivity index (χ4n) is 2.65. The van der Waals surface area contributed by atoms with Gasteiger partial charge in [-0.05, 0) is 42.0 Å². The number of rotatable bonds is 4. The van der Waals surface area contributed by atoms with Crippen molar-refractivity contribution in [2.75, 3.05) is 0 Å². The first-order chi connectivity index (χ1) is 10.4. The van der Waals surface area contributed by atoms with Gasteiger partial charge in [0.1, 0.15) is 5.75 Å². The molecule has 0 aliphatic heterocycles. The fraction of sp³-hybridized carbons (Fsp3) is 0.350. The summed E-state index contributed by atoms with van der Waals surface area (Å²) >= 11 is 0. The molecule has 0 atom stereocenters. The van der Waals surface area contributed by atoms with Crippen molar-refractivity contribution < 1.29 is 5.11 Å². The van der Waals surface area contributed by atoms with E-state index in [4.69, 9.17) is 4.99 Å². The molecule has 0 spiro atoms. The summed E-state index contributed by atoms with van der Waals surface area (Å²) in [7, 11) is 0. The van der Waals surface area contributed by atoms with E-state index in [-0.39, 0.29) is 5.75 Å². The van der Waals surface area contributed by atoms with Crippen LogP contribution in [0.5, 0.6) is 5.75 Å². The van der Waals surface area contributed by atoms with Crippen LogP contribution in [0.2, 0.25) is 0 Å². The van der Waals surface area contributed by atoms with Crippen LogP contribution in [0.15, 0.2) is 47.5 Å². The number of benzene rings is 2. The number of phenolic OH excluding ortho intramolecular Hbond substituents is 1. The Hall–Kier alpha value is -2.09. The SMILES string of the molecule is CC(=Nc1c(C(C)C)cccc1C(C)C)c1ccccc1O. The normalized spacial score (nSPS) is 12.2. The lowest BCUT2D eigenvalue weighted by Crippen LogP contribution is -1.99. The molecule has 0 saturated heterocycles. The number of aliphatic imine (C=N–C) groups is 1. The van der Waals surface area contributed by atoms with Crippen LogP contribution >= 0.6 is 0 Å². The van der Waals surface area contributed by atoms with Crippen LogP contribution < -0.4 is 0 Å². The summed E-state index contributed by atoms with van der Waals surface area (Å²) in [6, 6.07) is 13.8. The molecule has 2 nitrogen and oxygen atoms in total. The Morgan fingerprint density at radius 1 is 0.864 bits per heavy atom. The molecule has 2 aromatic rings. The highest BCUT2D eigenvalue weighted by molar-refractivity contribution is 6.02. The quantitative estimate of drug-likeness (QED) is 0.712. The highest BCUT2D eigenvalue weighted by Crippen LogP contribution is 2.35. The van der Waals surface area contributed by atoms with Gasteiger partial charge < -0.3 is 5.11 Å². The highest BCUT2D eigenvalue weighted by Gasteiger charge is 2.14. The molecule has 2 rings (SSSR count). The topological polar surface area (TPSA) is 32.6 Å². The second kappa shape index (κ2) is 6.78. The van der Waals surface area contributed by atoms with Crippen LogP contribution in [0.4, 0.5) is 5.69 Å². The van der Waals surface area contributed by atoms with Crippen molar-refractivity contribution in [2.24, 2.45) is 4.99 Å². The Morgan fingerprint density at radius 3 is 1.91 bits per heavy atom. The van der Waals surface area contributed by atoms with Crippen molar-refractivity contribution in [3.05, 3.63) is 59.2 Å². The van der Waals surface area contributed by atoms with Crippen LogP contribution in [0.1, 0.15) is 63.1 Å². The van der Waals surface area contributed by atoms with Gasteiger partial charge in [-0.1, -0.05) is 58.0 Å². The molecule has 1 N–H and O–H groups in total. The third-order valence-electron chi connectivity index (χ3n) is 3.92. The molecule has 0 aromatic heterocycles. The van der Waals surface area contributed by atoms with E-state index in [0.717, 1.165) is 17.0 Å². The van der Waals surface area contributed by atoms with E-state index >= 15 is 0 Å². The van der Waals surface area contributed by atoms with Gasteiger partial charge in [-0.15, -0.1) is 0 Å². The Bertz CT molecular complexity index is 658. The largest absolute Gasteiger partial charge is 0.507 e. The van der Waals surface area contributed by atoms with Gasteiger partial charge in [0.2, 0.25) is 0 Å². The van der Waals surface area contributed by atoms with Crippen molar-refractivity contribution >= 4 is 11.4 Å². The number of hydrogen-bond donors (Lipinski definition) is 1. The lowest BCUT2D eigenvalue weighted by atomic mass is 9.92. The van der Waals surface area contributed by atoms with Gasteiger partial charge in [0.25, 0.3) is 0 Å². The zero-order valence-corrected chi connectivity index (χ0v) is 14.1. The van der Waals surface area contributed by atoms with Crippen molar-refractivity contribution in [1.29, 1.82) is 0 Å². The highest BCUT2D eigenvalue weighted by atomic mass is 16.3. The predicted octanol–water partition coefficient (Wildman–Crippen LogP) is 5.78. The Balaban J connectivity index is 2.61. The summed E-state index contributed by atoms with van der Waals surface area (Å²) in [6.07, 6.45) is 0. The zero-order chi connectivity index (χ0) is 16.3. The Morgan fingerprint density at radius 2 is 1.41 bits per heavy atom. The van der Waals surface area contributed by atoms with Crippen molar-refractivity contribution in [2.45, 2.75) is 46.5 Å². The van der Waals surface area contributed by atoms with Gasteiger partial charge in [-0.3, -0.25) is 4.99 Å². The van der Waals surface area contributed by atoms with Gasteiger partial charge in [0.15, 0.2) is 0 Å². The fourth-order valence-corrected chi connectivity index (χ4v) is 2.65. The second-order valence-electron chi connectivity index (χ2n) is 6.31. The maximum Gasteiger partial charge on any atom is 0.124 e. The molecule has 116 valence electrons. The number of nitrogens with zero attached hydrogens (tertiary/aromatic N) is 1. The van der Waals surface area contributed by atoms with E-state index in [2.05, 4.69) is 45.9 Å². The molecule has 0 fully saturated rings. The Labute approximate surface area is 133 Å². The first-order valence-corrected chi connectivity index (χ1v) is 7.88. The summed E-state index contributed by atoms with van der Waals surface area (Å²) in [5.74, 6) is 1.10. The van der Waals surface area contributed by atoms with Crippen LogP contribution in [0.25, 0.3) is 0 Å². The molecule has 0 heterocycles. The third-order valence-corrected chi connectivity index (χ3v) is 3.92. The predicted molar refractivity (Wildman–Crippen MR) is 94.6 cm³/mol. The van der Waals surface area contributed by atoms with E-state index in [1.54, 1.807) is 6.07 Å². The molecule has 0 amide bonds. The van der Waals surface area contributed by atoms with Crippen molar-refractivity contribution in [3.63, 3.8) is 0 Å². The summed E-state index contributed by atoms with van der Waals surface area (Å²) in [5, 5.41) is 10.0. The first-order valence-electron chi connectivity index (χ1n) is 7.88. The smallest absolute Gasteiger partial charge is 0.124 e. The summed E-state index contributed by atoms with van der Waals surface area (Å²) in [6.45, 7) is 10.7. The molecule has 0 saturated carbocycles. The summed E-state index contributed by atoms with van der Waals surface area (Å²) in [5.41, 5.74) is 5.18. The van der Waals surface area contributed by atoms with Gasteiger partial charge in [0.05, 0.1) is 5.69 Å². The minimum absolute atomic E-state index is 0.275. The van der Waals surface area contributed by atoms with Gasteiger partial charge >= 0.3 is 0 Å². The van der Waals surface area contributed by atoms with E-state index in [0.29, 0.717) is 11.8 Å². The van der Waals surface area contributed by atoms with Crippen LogP contribution in [0, 0.1) is 0 Å². The average molecular weight is 295 g/mol. The lowest BCUT2D eigenvalue weighted by Gasteiger charge is -2.17. The molecule has 0 radical (unpaired) electrons. The maximum atomic E-state index is 10.0. The van der Waals surface area contributed by atoms with Gasteiger partial charge in [-0.2, -0.15) is 0 Å². The van der Waals surface area contributed by atoms with E-state index in [1.807, 2.05) is 25.1 Å². The minimum atomic E-state index is 0.275. The molecule has 2 heteroatoms. The number of aromatic hydroxyl groups is 1. The van der Waals surface area contributed by atoms with Crippen molar-refractivity contribution in [3.8, 4) is 5.75 Å². The molecule has 0 aliphatic rings. The second-order valence-corrected chi connectivity index (χ2v) is 6.31. The van der Waals surface area contributed by atoms with Gasteiger partial charge in [0, 0.05) is 11.3 Å². The molecule has 22 heavy (non-hydrogen) atoms. The van der Waals surface area contributed by atoms with Crippen molar-refractivity contribution in [1.82, 2.24) is 0 Å². The average Bonchev–Trinajstić information content (AvgIpc) is 2.47. The Kier molecular flexibility index (Phi) is 5.02. The monoisotopic (exact) mass is 295 g/mol. The van der Waals surface area contributed by atoms with Crippen LogP contribution in [-0.4, -0.2) is 10.8 Å². The minimum Gasteiger partial charge on any atom is -0.507 e. The molecule has 2 aromatic carbocycles. The standard InChI is InChI=1S/C20H25NO/c1-13(2)16-10-8-11-17(14(3)4)20(16)21-15(5)18-9-6-7-12-19(18)22/h6-14,22H,1-5H3. The van der Waals surface area contributed by atoms with E-state index in [1.165, 1.54) is 11.1 Å². The van der Waals surface area contributed by atoms with Crippen LogP contribution in [0.3, 0.4) is 0 Å². The van der Waals surface area contributed by atoms with Gasteiger partial charge in [-0.25, -0.2) is 0 Å². The zero-order valence-electron chi connectivity index (χ0n) is 14.1. The van der Waals surface area contributed by atoms with Crippen LogP contribution in [-0.2, 0) is 0 Å². The third kappa shape index (κ3) is 3.38. The van der Waals surface area contributed by atoms with E-state index < -0.39 is 0 Å². The molecular formula is C20H25NO.